The molecule has 2 N–H and O–H groups in total. The Balaban J connectivity index is 0.000000159. The van der Waals surface area contributed by atoms with Gasteiger partial charge in [-0.15, -0.1) is 0 Å². The standard InChI is InChI=1S/C22H27N3O2.C18H22N4O/c1-3-19(26)10-15(2)16-6-8-20(9-7-16)27-21-13-25(14-21)22-23-11-18(12-24-22)17-4-5-17;1-12(19)13-4-6-16(7-5-13)23-17-10-22(11-17)18-20-8-15(9-21-18)14-2-3-14/h6-9,11-12,15,17,21H,3-5,10,13-14H2,1-2H3;4-9,12,14,17H,2-3,10-11,19H2,1H3/t15-;12-/m10/s1. The number of Topliss-reactive ketones (excluding diaryl/α,β-unsaturated/α-hetero) is 1. The van der Waals surface area contributed by atoms with Gasteiger partial charge in [-0.1, -0.05) is 38.1 Å². The second-order valence-electron chi connectivity index (χ2n) is 14.4. The van der Waals surface area contributed by atoms with Gasteiger partial charge >= 0.3 is 0 Å². The van der Waals surface area contributed by atoms with Crippen LogP contribution in [0, 0.1) is 0 Å². The lowest BCUT2D eigenvalue weighted by Gasteiger charge is -2.38. The molecule has 2 aromatic heterocycles. The van der Waals surface area contributed by atoms with Crippen molar-refractivity contribution in [2.24, 2.45) is 5.73 Å². The van der Waals surface area contributed by atoms with Crippen molar-refractivity contribution in [3.8, 4) is 11.5 Å². The minimum absolute atomic E-state index is 0.0546. The summed E-state index contributed by atoms with van der Waals surface area (Å²) in [4.78, 5) is 33.9. The second kappa shape index (κ2) is 15.1. The van der Waals surface area contributed by atoms with Crippen LogP contribution in [-0.2, 0) is 4.79 Å². The quantitative estimate of drug-likeness (QED) is 0.163. The Bertz CT molecular complexity index is 1690. The molecule has 2 aliphatic carbocycles. The molecule has 50 heavy (non-hydrogen) atoms. The molecular formula is C40H49N7O3. The van der Waals surface area contributed by atoms with Crippen LogP contribution < -0.4 is 25.0 Å². The summed E-state index contributed by atoms with van der Waals surface area (Å²) in [5, 5.41) is 0. The van der Waals surface area contributed by atoms with Crippen molar-refractivity contribution in [1.82, 2.24) is 19.9 Å². The van der Waals surface area contributed by atoms with E-state index in [0.29, 0.717) is 30.5 Å². The topological polar surface area (TPSA) is 120 Å². The molecule has 0 unspecified atom stereocenters. The summed E-state index contributed by atoms with van der Waals surface area (Å²) in [6.07, 6.45) is 14.6. The number of hydrogen-bond acceptors (Lipinski definition) is 10. The number of ether oxygens (including phenoxy) is 2. The summed E-state index contributed by atoms with van der Waals surface area (Å²) >= 11 is 0. The number of rotatable bonds is 13. The lowest BCUT2D eigenvalue weighted by atomic mass is 9.95. The van der Waals surface area contributed by atoms with Crippen LogP contribution in [0.4, 0.5) is 11.9 Å². The highest BCUT2D eigenvalue weighted by molar-refractivity contribution is 5.78. The zero-order valence-electron chi connectivity index (χ0n) is 29.4. The SMILES string of the molecule is CCC(=O)C[C@@H](C)c1ccc(OC2CN(c3ncc(C4CC4)cn3)C2)cc1.C[C@H](N)c1ccc(OC2CN(c3ncc(C4CC4)cn3)C2)cc1. The van der Waals surface area contributed by atoms with Crippen molar-refractivity contribution < 1.29 is 14.3 Å². The van der Waals surface area contributed by atoms with Crippen molar-refractivity contribution in [1.29, 1.82) is 0 Å². The van der Waals surface area contributed by atoms with Crippen LogP contribution in [-0.4, -0.2) is 64.1 Å². The molecular weight excluding hydrogens is 626 g/mol. The van der Waals surface area contributed by atoms with Crippen LogP contribution >= 0.6 is 0 Å². The first-order chi connectivity index (χ1) is 24.3. The lowest BCUT2D eigenvalue weighted by Crippen LogP contribution is -2.54. The summed E-state index contributed by atoms with van der Waals surface area (Å²) < 4.78 is 12.0. The number of carbonyl (C=O) groups excluding carboxylic acids is 1. The number of benzene rings is 2. The molecule has 10 heteroatoms. The molecule has 2 saturated heterocycles. The maximum atomic E-state index is 11.6. The van der Waals surface area contributed by atoms with Gasteiger partial charge in [0.25, 0.3) is 0 Å². The molecule has 0 radical (unpaired) electrons. The number of ketones is 1. The fourth-order valence-electron chi connectivity index (χ4n) is 6.31. The average Bonchev–Trinajstić information content (AvgIpc) is 4.03. The van der Waals surface area contributed by atoms with E-state index in [2.05, 4.69) is 48.8 Å². The summed E-state index contributed by atoms with van der Waals surface area (Å²) in [6, 6.07) is 16.2. The van der Waals surface area contributed by atoms with E-state index in [9.17, 15) is 4.79 Å². The average molecular weight is 676 g/mol. The van der Waals surface area contributed by atoms with E-state index in [1.54, 1.807) is 0 Å². The zero-order chi connectivity index (χ0) is 34.6. The Kier molecular flexibility index (Phi) is 10.3. The first-order valence-corrected chi connectivity index (χ1v) is 18.3. The fraction of sp³-hybridized carbons (Fsp3) is 0.475. The Hall–Kier alpha value is -4.57. The fourth-order valence-corrected chi connectivity index (χ4v) is 6.31. The lowest BCUT2D eigenvalue weighted by molar-refractivity contribution is -0.119. The van der Waals surface area contributed by atoms with E-state index in [0.717, 1.165) is 55.1 Å². The van der Waals surface area contributed by atoms with E-state index >= 15 is 0 Å². The van der Waals surface area contributed by atoms with Crippen molar-refractivity contribution in [2.75, 3.05) is 36.0 Å². The first-order valence-electron chi connectivity index (χ1n) is 18.3. The van der Waals surface area contributed by atoms with Crippen LogP contribution in [0.25, 0.3) is 0 Å². The van der Waals surface area contributed by atoms with E-state index in [1.165, 1.54) is 42.4 Å². The minimum Gasteiger partial charge on any atom is -0.487 e. The monoisotopic (exact) mass is 675 g/mol. The van der Waals surface area contributed by atoms with Crippen LogP contribution in [0.15, 0.2) is 73.3 Å². The maximum Gasteiger partial charge on any atom is 0.225 e. The molecule has 4 heterocycles. The van der Waals surface area contributed by atoms with Crippen molar-refractivity contribution in [3.63, 3.8) is 0 Å². The largest absolute Gasteiger partial charge is 0.487 e. The molecule has 2 aliphatic heterocycles. The molecule has 0 amide bonds. The van der Waals surface area contributed by atoms with Gasteiger partial charge in [0.2, 0.25) is 11.9 Å². The summed E-state index contributed by atoms with van der Waals surface area (Å²) in [5.74, 6) is 5.33. The number of nitrogens with two attached hydrogens (primary N) is 1. The van der Waals surface area contributed by atoms with Crippen LogP contribution in [0.3, 0.4) is 0 Å². The van der Waals surface area contributed by atoms with Gasteiger partial charge in [0.1, 0.15) is 29.5 Å². The smallest absolute Gasteiger partial charge is 0.225 e. The summed E-state index contributed by atoms with van der Waals surface area (Å²) in [7, 11) is 0. The highest BCUT2D eigenvalue weighted by Crippen LogP contribution is 2.40. The van der Waals surface area contributed by atoms with Gasteiger partial charge in [0.05, 0.1) is 26.2 Å². The molecule has 8 rings (SSSR count). The van der Waals surface area contributed by atoms with Crippen LogP contribution in [0.1, 0.15) is 105 Å². The Morgan fingerprint density at radius 2 is 1.10 bits per heavy atom. The number of hydrogen-bond donors (Lipinski definition) is 1. The van der Waals surface area contributed by atoms with Gasteiger partial charge < -0.3 is 25.0 Å². The highest BCUT2D eigenvalue weighted by atomic mass is 16.5. The van der Waals surface area contributed by atoms with Crippen molar-refractivity contribution >= 4 is 17.7 Å². The zero-order valence-corrected chi connectivity index (χ0v) is 29.4. The molecule has 0 bridgehead atoms. The highest BCUT2D eigenvalue weighted by Gasteiger charge is 2.32. The molecule has 2 aromatic carbocycles. The molecule has 4 aliphatic rings. The van der Waals surface area contributed by atoms with Gasteiger partial charge in [-0.3, -0.25) is 4.79 Å². The Morgan fingerprint density at radius 3 is 1.46 bits per heavy atom. The molecule has 262 valence electrons. The van der Waals surface area contributed by atoms with Crippen molar-refractivity contribution in [3.05, 3.63) is 95.6 Å². The maximum absolute atomic E-state index is 11.6. The van der Waals surface area contributed by atoms with Crippen LogP contribution in [0.5, 0.6) is 11.5 Å². The van der Waals surface area contributed by atoms with E-state index in [1.807, 2.05) is 75.0 Å². The number of aromatic nitrogens is 4. The third-order valence-corrected chi connectivity index (χ3v) is 10.1. The van der Waals surface area contributed by atoms with E-state index in [4.69, 9.17) is 15.2 Å². The molecule has 2 saturated carbocycles. The van der Waals surface area contributed by atoms with Gasteiger partial charge in [-0.2, -0.15) is 0 Å². The first kappa shape index (κ1) is 33.9. The van der Waals surface area contributed by atoms with Gasteiger partial charge in [-0.05, 0) is 96.9 Å². The predicted octanol–water partition coefficient (Wildman–Crippen LogP) is 6.74. The third-order valence-electron chi connectivity index (χ3n) is 10.1. The Labute approximate surface area is 295 Å². The van der Waals surface area contributed by atoms with Gasteiger partial charge in [-0.25, -0.2) is 19.9 Å². The molecule has 2 atom stereocenters. The molecule has 0 spiro atoms. The number of carbonyl (C=O) groups is 1. The van der Waals surface area contributed by atoms with Gasteiger partial charge in [0, 0.05) is 43.7 Å². The normalized spacial score (nSPS) is 18.6. The second-order valence-corrected chi connectivity index (χ2v) is 14.4. The number of anilines is 2. The van der Waals surface area contributed by atoms with E-state index in [-0.39, 0.29) is 24.2 Å². The molecule has 10 nitrogen and oxygen atoms in total. The van der Waals surface area contributed by atoms with Crippen LogP contribution in [0.2, 0.25) is 0 Å². The summed E-state index contributed by atoms with van der Waals surface area (Å²) in [6.45, 7) is 9.28. The Morgan fingerprint density at radius 1 is 0.700 bits per heavy atom. The van der Waals surface area contributed by atoms with Crippen molar-refractivity contribution in [2.45, 2.75) is 95.3 Å². The summed E-state index contributed by atoms with van der Waals surface area (Å²) in [5.41, 5.74) is 10.7. The van der Waals surface area contributed by atoms with Gasteiger partial charge in [0.15, 0.2) is 0 Å². The minimum atomic E-state index is 0.0546. The third kappa shape index (κ3) is 8.59. The predicted molar refractivity (Wildman–Crippen MR) is 195 cm³/mol. The van der Waals surface area contributed by atoms with E-state index < -0.39 is 0 Å². The molecule has 4 fully saturated rings. The number of nitrogens with zero attached hydrogens (tertiary/aromatic N) is 6. The molecule has 4 aromatic rings.